The lowest BCUT2D eigenvalue weighted by Gasteiger charge is -1.97. The number of rotatable bonds is 4. The zero-order chi connectivity index (χ0) is 10.7. The first-order chi connectivity index (χ1) is 6.04. The SMILES string of the molecule is CCC(C)=O.COCCOC(C)=O. The Hall–Kier alpha value is -0.900. The summed E-state index contributed by atoms with van der Waals surface area (Å²) >= 11 is 0. The number of methoxy groups -OCH3 is 1. The molecule has 0 atom stereocenters. The van der Waals surface area contributed by atoms with Crippen LogP contribution in [-0.4, -0.2) is 32.1 Å². The third-order valence-corrected chi connectivity index (χ3v) is 1.09. The second kappa shape index (κ2) is 11.1. The van der Waals surface area contributed by atoms with Crippen LogP contribution in [0.5, 0.6) is 0 Å². The van der Waals surface area contributed by atoms with Crippen molar-refractivity contribution in [3.8, 4) is 0 Å². The molecule has 0 N–H and O–H groups in total. The van der Waals surface area contributed by atoms with E-state index in [1.54, 1.807) is 14.0 Å². The Balaban J connectivity index is 0. The van der Waals surface area contributed by atoms with E-state index in [1.165, 1.54) is 6.92 Å². The van der Waals surface area contributed by atoms with Crippen LogP contribution in [0.2, 0.25) is 0 Å². The minimum Gasteiger partial charge on any atom is -0.463 e. The van der Waals surface area contributed by atoms with Crippen molar-refractivity contribution in [1.29, 1.82) is 0 Å². The van der Waals surface area contributed by atoms with Crippen LogP contribution >= 0.6 is 0 Å². The summed E-state index contributed by atoms with van der Waals surface area (Å²) in [6.45, 7) is 5.63. The van der Waals surface area contributed by atoms with E-state index in [4.69, 9.17) is 0 Å². The molecular weight excluding hydrogens is 172 g/mol. The summed E-state index contributed by atoms with van der Waals surface area (Å²) < 4.78 is 9.13. The molecule has 0 saturated heterocycles. The standard InChI is InChI=1S/C5H10O3.C4H8O/c1-5(6)8-4-3-7-2;1-3-4(2)5/h3-4H2,1-2H3;3H2,1-2H3. The summed E-state index contributed by atoms with van der Waals surface area (Å²) in [6.07, 6.45) is 0.667. The number of carbonyl (C=O) groups is 2. The van der Waals surface area contributed by atoms with E-state index in [0.717, 1.165) is 0 Å². The molecule has 0 radical (unpaired) electrons. The Morgan fingerprint density at radius 2 is 1.62 bits per heavy atom. The monoisotopic (exact) mass is 190 g/mol. The van der Waals surface area contributed by atoms with Gasteiger partial charge < -0.3 is 14.3 Å². The molecule has 78 valence electrons. The molecular formula is C9H18O4. The smallest absolute Gasteiger partial charge is 0.302 e. The highest BCUT2D eigenvalue weighted by atomic mass is 16.6. The summed E-state index contributed by atoms with van der Waals surface area (Å²) in [5, 5.41) is 0. The van der Waals surface area contributed by atoms with Gasteiger partial charge in [-0.3, -0.25) is 4.79 Å². The molecule has 0 heterocycles. The van der Waals surface area contributed by atoms with Gasteiger partial charge in [-0.2, -0.15) is 0 Å². The highest BCUT2D eigenvalue weighted by molar-refractivity contribution is 5.74. The maximum absolute atomic E-state index is 10.0. The van der Waals surface area contributed by atoms with Crippen LogP contribution in [0.4, 0.5) is 0 Å². The van der Waals surface area contributed by atoms with E-state index in [1.807, 2.05) is 6.92 Å². The van der Waals surface area contributed by atoms with Crippen molar-refractivity contribution in [1.82, 2.24) is 0 Å². The summed E-state index contributed by atoms with van der Waals surface area (Å²) in [7, 11) is 1.56. The Morgan fingerprint density at radius 1 is 1.15 bits per heavy atom. The molecule has 4 heteroatoms. The second-order valence-electron chi connectivity index (χ2n) is 2.39. The quantitative estimate of drug-likeness (QED) is 0.493. The first-order valence-electron chi connectivity index (χ1n) is 4.16. The Kier molecular flexibility index (Phi) is 12.5. The van der Waals surface area contributed by atoms with Crippen LogP contribution in [0.25, 0.3) is 0 Å². The van der Waals surface area contributed by atoms with Crippen LogP contribution in [0, 0.1) is 0 Å². The van der Waals surface area contributed by atoms with E-state index in [9.17, 15) is 9.59 Å². The number of hydrogen-bond acceptors (Lipinski definition) is 4. The van der Waals surface area contributed by atoms with Crippen molar-refractivity contribution in [2.75, 3.05) is 20.3 Å². The van der Waals surface area contributed by atoms with Crippen LogP contribution < -0.4 is 0 Å². The molecule has 4 nitrogen and oxygen atoms in total. The number of hydrogen-bond donors (Lipinski definition) is 0. The molecule has 0 unspecified atom stereocenters. The maximum Gasteiger partial charge on any atom is 0.302 e. The zero-order valence-corrected chi connectivity index (χ0v) is 8.75. The molecule has 0 aliphatic rings. The normalized spacial score (nSPS) is 8.31. The molecule has 0 spiro atoms. The van der Waals surface area contributed by atoms with Gasteiger partial charge in [-0.05, 0) is 6.92 Å². The molecule has 0 aromatic carbocycles. The lowest BCUT2D eigenvalue weighted by molar-refractivity contribution is -0.142. The van der Waals surface area contributed by atoms with Gasteiger partial charge in [0.1, 0.15) is 12.4 Å². The molecule has 0 fully saturated rings. The summed E-state index contributed by atoms with van der Waals surface area (Å²) in [6, 6.07) is 0. The third-order valence-electron chi connectivity index (χ3n) is 1.09. The minimum atomic E-state index is -0.262. The van der Waals surface area contributed by atoms with Crippen LogP contribution in [0.1, 0.15) is 27.2 Å². The number of ketones is 1. The van der Waals surface area contributed by atoms with E-state index in [2.05, 4.69) is 9.47 Å². The highest BCUT2D eigenvalue weighted by Gasteiger charge is 1.88. The highest BCUT2D eigenvalue weighted by Crippen LogP contribution is 1.74. The lowest BCUT2D eigenvalue weighted by atomic mass is 10.4. The Bertz CT molecular complexity index is 143. The fourth-order valence-corrected chi connectivity index (χ4v) is 0.269. The van der Waals surface area contributed by atoms with Crippen molar-refractivity contribution in [2.45, 2.75) is 27.2 Å². The molecule has 0 aromatic rings. The fraction of sp³-hybridized carbons (Fsp3) is 0.778. The van der Waals surface area contributed by atoms with Gasteiger partial charge in [-0.15, -0.1) is 0 Å². The Labute approximate surface area is 79.2 Å². The first kappa shape index (κ1) is 14.6. The third kappa shape index (κ3) is 24.7. The average Bonchev–Trinajstić information content (AvgIpc) is 2.05. The van der Waals surface area contributed by atoms with Crippen LogP contribution in [-0.2, 0) is 19.1 Å². The second-order valence-corrected chi connectivity index (χ2v) is 2.39. The van der Waals surface area contributed by atoms with Gasteiger partial charge in [0.25, 0.3) is 0 Å². The van der Waals surface area contributed by atoms with E-state index >= 15 is 0 Å². The predicted octanol–water partition coefficient (Wildman–Crippen LogP) is 1.18. The topological polar surface area (TPSA) is 52.6 Å². The van der Waals surface area contributed by atoms with Crippen molar-refractivity contribution in [3.05, 3.63) is 0 Å². The van der Waals surface area contributed by atoms with Gasteiger partial charge in [0.15, 0.2) is 0 Å². The summed E-state index contributed by atoms with van der Waals surface area (Å²) in [4.78, 5) is 19.9. The van der Waals surface area contributed by atoms with Gasteiger partial charge in [-0.25, -0.2) is 0 Å². The van der Waals surface area contributed by atoms with Crippen LogP contribution in [0.3, 0.4) is 0 Å². The van der Waals surface area contributed by atoms with Gasteiger partial charge >= 0.3 is 5.97 Å². The van der Waals surface area contributed by atoms with Crippen molar-refractivity contribution in [2.24, 2.45) is 0 Å². The summed E-state index contributed by atoms with van der Waals surface area (Å²) in [5.74, 6) is -0.00736. The number of esters is 1. The molecule has 0 aliphatic carbocycles. The predicted molar refractivity (Wildman–Crippen MR) is 49.5 cm³/mol. The molecule has 0 rings (SSSR count). The van der Waals surface area contributed by atoms with Gasteiger partial charge in [0.2, 0.25) is 0 Å². The number of Topliss-reactive ketones (excluding diaryl/α,β-unsaturated/α-hetero) is 1. The van der Waals surface area contributed by atoms with Gasteiger partial charge in [0.05, 0.1) is 6.61 Å². The van der Waals surface area contributed by atoms with Crippen LogP contribution in [0.15, 0.2) is 0 Å². The van der Waals surface area contributed by atoms with E-state index in [0.29, 0.717) is 19.6 Å². The van der Waals surface area contributed by atoms with E-state index < -0.39 is 0 Å². The number of ether oxygens (including phenoxy) is 2. The minimum absolute atomic E-state index is 0.255. The average molecular weight is 190 g/mol. The summed E-state index contributed by atoms with van der Waals surface area (Å²) in [5.41, 5.74) is 0. The van der Waals surface area contributed by atoms with Crippen molar-refractivity contribution >= 4 is 11.8 Å². The molecule has 0 aliphatic heterocycles. The first-order valence-corrected chi connectivity index (χ1v) is 4.16. The van der Waals surface area contributed by atoms with Gasteiger partial charge in [-0.1, -0.05) is 6.92 Å². The van der Waals surface area contributed by atoms with Crippen molar-refractivity contribution in [3.63, 3.8) is 0 Å². The van der Waals surface area contributed by atoms with Gasteiger partial charge in [0, 0.05) is 20.5 Å². The van der Waals surface area contributed by atoms with E-state index in [-0.39, 0.29) is 11.8 Å². The lowest BCUT2D eigenvalue weighted by Crippen LogP contribution is -2.05. The molecule has 0 saturated carbocycles. The zero-order valence-electron chi connectivity index (χ0n) is 8.75. The molecule has 13 heavy (non-hydrogen) atoms. The van der Waals surface area contributed by atoms with Crippen molar-refractivity contribution < 1.29 is 19.1 Å². The molecule has 0 amide bonds. The fourth-order valence-electron chi connectivity index (χ4n) is 0.269. The molecule has 0 aromatic heterocycles. The maximum atomic E-state index is 10.0. The Morgan fingerprint density at radius 3 is 1.85 bits per heavy atom. The largest absolute Gasteiger partial charge is 0.463 e. The molecule has 0 bridgehead atoms. The number of carbonyl (C=O) groups excluding carboxylic acids is 2.